The smallest absolute Gasteiger partial charge is 0.289 e. The molecule has 2 aromatic rings. The van der Waals surface area contributed by atoms with Crippen LogP contribution >= 0.6 is 11.6 Å². The first kappa shape index (κ1) is 15.4. The molecule has 1 N–H and O–H groups in total. The van der Waals surface area contributed by atoms with Crippen LogP contribution in [0.5, 0.6) is 0 Å². The summed E-state index contributed by atoms with van der Waals surface area (Å²) in [5, 5.41) is 21.7. The van der Waals surface area contributed by atoms with Gasteiger partial charge in [-0.2, -0.15) is 5.26 Å². The summed E-state index contributed by atoms with van der Waals surface area (Å²) in [6.07, 6.45) is 0. The van der Waals surface area contributed by atoms with Crippen LogP contribution in [0.4, 0.5) is 15.8 Å². The fourth-order valence-corrected chi connectivity index (χ4v) is 1.88. The molecule has 0 aromatic heterocycles. The van der Waals surface area contributed by atoms with Crippen LogP contribution < -0.4 is 5.32 Å². The summed E-state index contributed by atoms with van der Waals surface area (Å²) in [6.45, 7) is 0. The number of hydrogen-bond acceptors (Lipinski definition) is 4. The van der Waals surface area contributed by atoms with E-state index in [1.54, 1.807) is 6.07 Å². The van der Waals surface area contributed by atoms with E-state index in [0.29, 0.717) is 0 Å². The highest BCUT2D eigenvalue weighted by atomic mass is 35.5. The predicted molar refractivity (Wildman–Crippen MR) is 77.2 cm³/mol. The van der Waals surface area contributed by atoms with E-state index in [1.807, 2.05) is 0 Å². The Kier molecular flexibility index (Phi) is 4.34. The molecule has 8 heteroatoms. The van der Waals surface area contributed by atoms with Gasteiger partial charge in [0, 0.05) is 11.8 Å². The molecule has 0 unspecified atom stereocenters. The fourth-order valence-electron chi connectivity index (χ4n) is 1.70. The van der Waals surface area contributed by atoms with Gasteiger partial charge >= 0.3 is 0 Å². The molecular weight excluding hydrogens is 313 g/mol. The lowest BCUT2D eigenvalue weighted by atomic mass is 10.1. The zero-order valence-electron chi connectivity index (χ0n) is 10.8. The lowest BCUT2D eigenvalue weighted by Crippen LogP contribution is -2.14. The number of rotatable bonds is 3. The third-order valence-electron chi connectivity index (χ3n) is 2.74. The topological polar surface area (TPSA) is 96.0 Å². The van der Waals surface area contributed by atoms with Gasteiger partial charge in [0.1, 0.15) is 10.8 Å². The van der Waals surface area contributed by atoms with Gasteiger partial charge in [-0.05, 0) is 30.3 Å². The predicted octanol–water partition coefficient (Wildman–Crippen LogP) is 3.51. The van der Waals surface area contributed by atoms with Gasteiger partial charge in [-0.15, -0.1) is 0 Å². The molecule has 0 aliphatic heterocycles. The lowest BCUT2D eigenvalue weighted by Gasteiger charge is -2.07. The Labute approximate surface area is 128 Å². The molecular formula is C14H7ClFN3O3. The van der Waals surface area contributed by atoms with E-state index < -0.39 is 16.6 Å². The molecule has 0 aliphatic rings. The van der Waals surface area contributed by atoms with Crippen LogP contribution in [0.3, 0.4) is 0 Å². The maximum absolute atomic E-state index is 13.7. The number of nitriles is 1. The molecule has 0 saturated carbocycles. The third kappa shape index (κ3) is 3.19. The Balaban J connectivity index is 2.28. The van der Waals surface area contributed by atoms with Crippen LogP contribution in [-0.4, -0.2) is 10.8 Å². The average Bonchev–Trinajstić information content (AvgIpc) is 2.48. The summed E-state index contributed by atoms with van der Waals surface area (Å²) in [7, 11) is 0. The monoisotopic (exact) mass is 319 g/mol. The molecule has 0 spiro atoms. The highest BCUT2D eigenvalue weighted by molar-refractivity contribution is 6.32. The molecule has 6 nitrogen and oxygen atoms in total. The van der Waals surface area contributed by atoms with Crippen LogP contribution in [0.2, 0.25) is 5.02 Å². The molecule has 2 rings (SSSR count). The quantitative estimate of drug-likeness (QED) is 0.691. The fraction of sp³-hybridized carbons (Fsp3) is 0. The Morgan fingerprint density at radius 3 is 2.64 bits per heavy atom. The van der Waals surface area contributed by atoms with Crippen molar-refractivity contribution in [2.75, 3.05) is 5.32 Å². The highest BCUT2D eigenvalue weighted by Crippen LogP contribution is 2.27. The van der Waals surface area contributed by atoms with E-state index in [2.05, 4.69) is 5.32 Å². The Hall–Kier alpha value is -2.98. The zero-order chi connectivity index (χ0) is 16.3. The first-order valence-electron chi connectivity index (χ1n) is 5.87. The number of nitrogens with zero attached hydrogens (tertiary/aromatic N) is 2. The van der Waals surface area contributed by atoms with Crippen molar-refractivity contribution in [3.63, 3.8) is 0 Å². The van der Waals surface area contributed by atoms with E-state index in [9.17, 15) is 19.3 Å². The molecule has 0 radical (unpaired) electrons. The number of anilines is 1. The van der Waals surface area contributed by atoms with Gasteiger partial charge in [0.2, 0.25) is 0 Å². The van der Waals surface area contributed by atoms with E-state index in [0.717, 1.165) is 18.2 Å². The zero-order valence-corrected chi connectivity index (χ0v) is 11.6. The molecule has 2 aromatic carbocycles. The Morgan fingerprint density at radius 1 is 1.32 bits per heavy atom. The van der Waals surface area contributed by atoms with Gasteiger partial charge < -0.3 is 5.32 Å². The van der Waals surface area contributed by atoms with Crippen LogP contribution in [-0.2, 0) is 0 Å². The van der Waals surface area contributed by atoms with Crippen LogP contribution in [0, 0.1) is 27.3 Å². The van der Waals surface area contributed by atoms with Crippen molar-refractivity contribution in [1.29, 1.82) is 5.26 Å². The number of amides is 1. The van der Waals surface area contributed by atoms with Gasteiger partial charge in [0.25, 0.3) is 11.6 Å². The standard InChI is InChI=1S/C14H7ClFN3O3/c15-11-4-2-9(6-13(11)19(21)22)18-14(20)10-3-1-8(7-17)5-12(10)16/h1-6H,(H,18,20). The average molecular weight is 320 g/mol. The molecule has 0 atom stereocenters. The second kappa shape index (κ2) is 6.20. The van der Waals surface area contributed by atoms with Crippen molar-refractivity contribution in [2.45, 2.75) is 0 Å². The summed E-state index contributed by atoms with van der Waals surface area (Å²) in [6, 6.07) is 8.81. The summed E-state index contributed by atoms with van der Waals surface area (Å²) in [5.74, 6) is -1.65. The summed E-state index contributed by atoms with van der Waals surface area (Å²) >= 11 is 5.66. The molecule has 0 heterocycles. The van der Waals surface area contributed by atoms with Crippen molar-refractivity contribution < 1.29 is 14.1 Å². The van der Waals surface area contributed by atoms with E-state index >= 15 is 0 Å². The minimum Gasteiger partial charge on any atom is -0.322 e. The summed E-state index contributed by atoms with van der Waals surface area (Å²) < 4.78 is 13.7. The van der Waals surface area contributed by atoms with E-state index in [1.165, 1.54) is 18.2 Å². The molecule has 0 aliphatic carbocycles. The number of hydrogen-bond donors (Lipinski definition) is 1. The third-order valence-corrected chi connectivity index (χ3v) is 3.06. The normalized spacial score (nSPS) is 9.86. The van der Waals surface area contributed by atoms with Crippen LogP contribution in [0.15, 0.2) is 36.4 Å². The number of halogens is 2. The summed E-state index contributed by atoms with van der Waals surface area (Å²) in [4.78, 5) is 22.0. The van der Waals surface area contributed by atoms with Crippen LogP contribution in [0.1, 0.15) is 15.9 Å². The lowest BCUT2D eigenvalue weighted by molar-refractivity contribution is -0.384. The second-order valence-corrected chi connectivity index (χ2v) is 4.59. The molecule has 110 valence electrons. The number of nitrogens with one attached hydrogen (secondary N) is 1. The minimum absolute atomic E-state index is 0.0763. The molecule has 1 amide bonds. The van der Waals surface area contributed by atoms with Crippen molar-refractivity contribution in [3.8, 4) is 6.07 Å². The first-order valence-corrected chi connectivity index (χ1v) is 6.25. The minimum atomic E-state index is -0.861. The molecule has 0 bridgehead atoms. The first-order chi connectivity index (χ1) is 10.4. The highest BCUT2D eigenvalue weighted by Gasteiger charge is 2.16. The van der Waals surface area contributed by atoms with E-state index in [4.69, 9.17) is 16.9 Å². The largest absolute Gasteiger partial charge is 0.322 e. The molecule has 0 fully saturated rings. The van der Waals surface area contributed by atoms with Crippen molar-refractivity contribution >= 4 is 28.9 Å². The van der Waals surface area contributed by atoms with Gasteiger partial charge in [-0.3, -0.25) is 14.9 Å². The van der Waals surface area contributed by atoms with Gasteiger partial charge in [0.15, 0.2) is 0 Å². The maximum atomic E-state index is 13.7. The summed E-state index contributed by atoms with van der Waals surface area (Å²) in [5.41, 5.74) is -0.475. The number of nitro groups is 1. The number of carbonyl (C=O) groups is 1. The van der Waals surface area contributed by atoms with Crippen molar-refractivity contribution in [2.24, 2.45) is 0 Å². The van der Waals surface area contributed by atoms with E-state index in [-0.39, 0.29) is 27.5 Å². The molecule has 22 heavy (non-hydrogen) atoms. The Morgan fingerprint density at radius 2 is 2.05 bits per heavy atom. The van der Waals surface area contributed by atoms with Gasteiger partial charge in [-0.1, -0.05) is 11.6 Å². The van der Waals surface area contributed by atoms with Crippen molar-refractivity contribution in [1.82, 2.24) is 0 Å². The maximum Gasteiger partial charge on any atom is 0.289 e. The molecule has 0 saturated heterocycles. The Bertz CT molecular complexity index is 817. The second-order valence-electron chi connectivity index (χ2n) is 4.18. The SMILES string of the molecule is N#Cc1ccc(C(=O)Nc2ccc(Cl)c([N+](=O)[O-])c2)c(F)c1. The number of nitro benzene ring substituents is 1. The van der Waals surface area contributed by atoms with Crippen molar-refractivity contribution in [3.05, 3.63) is 68.5 Å². The van der Waals surface area contributed by atoms with Crippen LogP contribution in [0.25, 0.3) is 0 Å². The number of benzene rings is 2. The van der Waals surface area contributed by atoms with Gasteiger partial charge in [0.05, 0.1) is 22.1 Å². The van der Waals surface area contributed by atoms with Gasteiger partial charge in [-0.25, -0.2) is 4.39 Å². The number of carbonyl (C=O) groups excluding carboxylic acids is 1.